The van der Waals surface area contributed by atoms with Crippen molar-refractivity contribution in [2.75, 3.05) is 14.2 Å². The van der Waals surface area contributed by atoms with Crippen LogP contribution in [0.15, 0.2) is 30.3 Å². The number of aromatic nitrogens is 1. The van der Waals surface area contributed by atoms with Crippen LogP contribution in [0.25, 0.3) is 11.3 Å². The molecule has 2 bridgehead atoms. The van der Waals surface area contributed by atoms with Crippen molar-refractivity contribution in [1.29, 1.82) is 0 Å². The Morgan fingerprint density at radius 3 is 2.28 bits per heavy atom. The molecule has 5 rings (SSSR count). The summed E-state index contributed by atoms with van der Waals surface area (Å²) < 4.78 is 12.1. The molecule has 1 saturated carbocycles. The molecule has 0 aliphatic heterocycles. The van der Waals surface area contributed by atoms with Crippen molar-refractivity contribution < 1.29 is 14.2 Å². The lowest BCUT2D eigenvalue weighted by Gasteiger charge is -2.58. The number of hydrogen-bond acceptors (Lipinski definition) is 3. The molecule has 0 unspecified atom stereocenters. The molecule has 0 N–H and O–H groups in total. The Morgan fingerprint density at radius 2 is 1.72 bits per heavy atom. The quantitative estimate of drug-likeness (QED) is 0.620. The van der Waals surface area contributed by atoms with E-state index < -0.39 is 0 Å². The van der Waals surface area contributed by atoms with Crippen LogP contribution in [0.2, 0.25) is 0 Å². The highest BCUT2D eigenvalue weighted by molar-refractivity contribution is 5.73. The van der Waals surface area contributed by atoms with Gasteiger partial charge in [-0.25, -0.2) is 0 Å². The Kier molecular flexibility index (Phi) is 3.50. The van der Waals surface area contributed by atoms with E-state index in [-0.39, 0.29) is 11.3 Å². The molecule has 1 fully saturated rings. The van der Waals surface area contributed by atoms with Gasteiger partial charge in [0.1, 0.15) is 17.1 Å². The Bertz CT molecular complexity index is 821. The average molecular weight is 339 g/mol. The summed E-state index contributed by atoms with van der Waals surface area (Å²) in [6, 6.07) is 9.66. The van der Waals surface area contributed by atoms with Crippen molar-refractivity contribution in [1.82, 2.24) is 0 Å². The van der Waals surface area contributed by atoms with E-state index in [0.29, 0.717) is 29.0 Å². The van der Waals surface area contributed by atoms with Crippen LogP contribution in [0, 0.1) is 16.5 Å². The normalized spacial score (nSPS) is 25.7. The lowest BCUT2D eigenvalue weighted by molar-refractivity contribution is -0.607. The van der Waals surface area contributed by atoms with Gasteiger partial charge in [0.2, 0.25) is 5.69 Å². The third-order valence-corrected chi connectivity index (χ3v) is 6.59. The average Bonchev–Trinajstić information content (AvgIpc) is 2.60. The van der Waals surface area contributed by atoms with Gasteiger partial charge in [-0.1, -0.05) is 26.8 Å². The topological polar surface area (TPSA) is 45.4 Å². The molecule has 2 aromatic rings. The number of rotatable bonds is 3. The van der Waals surface area contributed by atoms with E-state index in [1.54, 1.807) is 14.2 Å². The molecule has 4 nitrogen and oxygen atoms in total. The Labute approximate surface area is 149 Å². The van der Waals surface area contributed by atoms with Crippen molar-refractivity contribution in [3.8, 4) is 22.8 Å². The van der Waals surface area contributed by atoms with E-state index in [1.807, 2.05) is 24.3 Å². The molecule has 4 heteroatoms. The summed E-state index contributed by atoms with van der Waals surface area (Å²) in [4.78, 5) is 0. The van der Waals surface area contributed by atoms with Gasteiger partial charge in [0.25, 0.3) is 0 Å². The summed E-state index contributed by atoms with van der Waals surface area (Å²) in [5.41, 5.74) is 3.73. The van der Waals surface area contributed by atoms with E-state index in [2.05, 4.69) is 26.8 Å². The van der Waals surface area contributed by atoms with E-state index >= 15 is 0 Å². The van der Waals surface area contributed by atoms with Crippen LogP contribution < -0.4 is 14.2 Å². The number of ether oxygens (including phenoxy) is 2. The maximum absolute atomic E-state index is 13.3. The molecule has 0 spiro atoms. The molecule has 0 radical (unpaired) electrons. The fourth-order valence-corrected chi connectivity index (χ4v) is 5.13. The minimum Gasteiger partial charge on any atom is -0.618 e. The van der Waals surface area contributed by atoms with Crippen LogP contribution >= 0.6 is 0 Å². The zero-order chi connectivity index (χ0) is 17.9. The van der Waals surface area contributed by atoms with Crippen LogP contribution in [0.3, 0.4) is 0 Å². The lowest BCUT2D eigenvalue weighted by atomic mass is 9.45. The van der Waals surface area contributed by atoms with Crippen LogP contribution in [0.5, 0.6) is 11.5 Å². The first-order chi connectivity index (χ1) is 11.9. The van der Waals surface area contributed by atoms with Gasteiger partial charge in [-0.05, 0) is 41.9 Å². The highest BCUT2D eigenvalue weighted by Gasteiger charge is 2.58. The van der Waals surface area contributed by atoms with Gasteiger partial charge in [0, 0.05) is 17.5 Å². The monoisotopic (exact) mass is 339 g/mol. The van der Waals surface area contributed by atoms with E-state index in [4.69, 9.17) is 9.47 Å². The minimum atomic E-state index is 0.258. The summed E-state index contributed by atoms with van der Waals surface area (Å²) in [7, 11) is 3.23. The Hall–Kier alpha value is -2.23. The van der Waals surface area contributed by atoms with Gasteiger partial charge in [-0.3, -0.25) is 0 Å². The first-order valence-electron chi connectivity index (χ1n) is 8.89. The van der Waals surface area contributed by atoms with Gasteiger partial charge < -0.3 is 14.7 Å². The Balaban J connectivity index is 1.93. The molecular weight excluding hydrogens is 314 g/mol. The summed E-state index contributed by atoms with van der Waals surface area (Å²) in [5, 5.41) is 13.3. The van der Waals surface area contributed by atoms with Crippen molar-refractivity contribution in [2.45, 2.75) is 39.0 Å². The number of pyridine rings is 1. The van der Waals surface area contributed by atoms with Crippen molar-refractivity contribution in [3.05, 3.63) is 46.8 Å². The second kappa shape index (κ2) is 5.38. The number of benzene rings is 1. The fourth-order valence-electron chi connectivity index (χ4n) is 5.13. The van der Waals surface area contributed by atoms with Crippen molar-refractivity contribution >= 4 is 0 Å². The zero-order valence-corrected chi connectivity index (χ0v) is 15.5. The molecule has 3 atom stereocenters. The third kappa shape index (κ3) is 2.03. The van der Waals surface area contributed by atoms with Crippen molar-refractivity contribution in [2.24, 2.45) is 11.3 Å². The largest absolute Gasteiger partial charge is 0.618 e. The van der Waals surface area contributed by atoms with Crippen LogP contribution in [0.1, 0.15) is 50.3 Å². The van der Waals surface area contributed by atoms with Gasteiger partial charge in [-0.15, -0.1) is 0 Å². The standard InChI is InChI=1S/C21H25NO3/c1-12-14-11-15(21(14,2)3)13-9-10-16(22(23)20(12)13)19-17(24-4)7-6-8-18(19)25-5/h6-10,12,14-15H,11H2,1-5H3/t12-,14+,15-/m1/s1. The molecule has 3 aliphatic carbocycles. The second-order valence-corrected chi connectivity index (χ2v) is 7.90. The zero-order valence-electron chi connectivity index (χ0n) is 15.5. The summed E-state index contributed by atoms with van der Waals surface area (Å²) in [6.07, 6.45) is 1.19. The highest BCUT2D eigenvalue weighted by atomic mass is 16.5. The van der Waals surface area contributed by atoms with Gasteiger partial charge >= 0.3 is 0 Å². The van der Waals surface area contributed by atoms with E-state index in [9.17, 15) is 5.21 Å². The Morgan fingerprint density at radius 1 is 1.08 bits per heavy atom. The number of nitrogens with zero attached hydrogens (tertiary/aromatic N) is 1. The molecule has 1 aromatic carbocycles. The fraction of sp³-hybridized carbons (Fsp3) is 0.476. The summed E-state index contributed by atoms with van der Waals surface area (Å²) in [6.45, 7) is 6.85. The predicted octanol–water partition coefficient (Wildman–Crippen LogP) is 4.25. The van der Waals surface area contributed by atoms with Crippen LogP contribution in [0.4, 0.5) is 0 Å². The van der Waals surface area contributed by atoms with E-state index in [0.717, 1.165) is 16.0 Å². The molecule has 0 saturated heterocycles. The molecule has 1 heterocycles. The first-order valence-corrected chi connectivity index (χ1v) is 8.89. The molecule has 25 heavy (non-hydrogen) atoms. The maximum atomic E-state index is 13.3. The van der Waals surface area contributed by atoms with Gasteiger partial charge in [0.15, 0.2) is 5.69 Å². The minimum absolute atomic E-state index is 0.258. The maximum Gasteiger partial charge on any atom is 0.231 e. The highest BCUT2D eigenvalue weighted by Crippen LogP contribution is 2.65. The first kappa shape index (κ1) is 16.2. The van der Waals surface area contributed by atoms with Crippen LogP contribution in [-0.4, -0.2) is 14.2 Å². The summed E-state index contributed by atoms with van der Waals surface area (Å²) in [5.74, 6) is 2.61. The molecule has 3 aliphatic rings. The molecular formula is C21H25NO3. The van der Waals surface area contributed by atoms with Gasteiger partial charge in [-0.2, -0.15) is 4.73 Å². The number of hydrogen-bond donors (Lipinski definition) is 0. The third-order valence-electron chi connectivity index (χ3n) is 6.59. The molecule has 1 aromatic heterocycles. The number of methoxy groups -OCH3 is 2. The van der Waals surface area contributed by atoms with Crippen LogP contribution in [-0.2, 0) is 0 Å². The molecule has 0 amide bonds. The van der Waals surface area contributed by atoms with Crippen molar-refractivity contribution in [3.63, 3.8) is 0 Å². The smallest absolute Gasteiger partial charge is 0.231 e. The van der Waals surface area contributed by atoms with Gasteiger partial charge in [0.05, 0.1) is 14.2 Å². The second-order valence-electron chi connectivity index (χ2n) is 7.90. The van der Waals surface area contributed by atoms with E-state index in [1.165, 1.54) is 12.0 Å². The SMILES string of the molecule is COc1cccc(OC)c1-c1ccc2c([n+]1[O-])[C@H](C)[C@@H]1C[C@H]2C1(C)C. The lowest BCUT2D eigenvalue weighted by Crippen LogP contribution is -2.54. The predicted molar refractivity (Wildman–Crippen MR) is 97.0 cm³/mol. The molecule has 132 valence electrons. The summed E-state index contributed by atoms with van der Waals surface area (Å²) >= 11 is 0.